The number of rotatable bonds is 10. The lowest BCUT2D eigenvalue weighted by atomic mass is 10.1. The van der Waals surface area contributed by atoms with Crippen molar-refractivity contribution in [3.05, 3.63) is 57.9 Å². The molecule has 0 radical (unpaired) electrons. The monoisotopic (exact) mass is 496 g/mol. The SMILES string of the molecule is COc1ccc(-c2nc(SCC(=O)NCc3cc(OC)c(OC)c(OC)c3)[nH]c(=O)c2C#N)cc1. The van der Waals surface area contributed by atoms with Crippen molar-refractivity contribution in [1.29, 1.82) is 5.26 Å². The first kappa shape index (κ1) is 25.5. The smallest absolute Gasteiger partial charge is 0.270 e. The van der Waals surface area contributed by atoms with E-state index < -0.39 is 5.56 Å². The van der Waals surface area contributed by atoms with Crippen LogP contribution in [0.5, 0.6) is 23.0 Å². The molecule has 0 unspecified atom stereocenters. The molecule has 0 saturated carbocycles. The molecule has 0 atom stereocenters. The standard InChI is InChI=1S/C24H24N4O6S/c1-31-16-7-5-15(6-8-16)21-17(11-25)23(30)28-24(27-21)35-13-20(29)26-12-14-9-18(32-2)22(34-4)19(10-14)33-3/h5-10H,12-13H2,1-4H3,(H,26,29)(H,27,28,30). The molecule has 0 saturated heterocycles. The minimum atomic E-state index is -0.575. The Kier molecular flexibility index (Phi) is 8.58. The largest absolute Gasteiger partial charge is 0.497 e. The van der Waals surface area contributed by atoms with E-state index in [9.17, 15) is 14.9 Å². The lowest BCUT2D eigenvalue weighted by molar-refractivity contribution is -0.118. The number of amides is 1. The normalized spacial score (nSPS) is 10.3. The number of nitriles is 1. The molecule has 1 aromatic heterocycles. The van der Waals surface area contributed by atoms with Gasteiger partial charge in [0.15, 0.2) is 16.7 Å². The Hall–Kier alpha value is -4.17. The summed E-state index contributed by atoms with van der Waals surface area (Å²) in [6, 6.07) is 12.2. The van der Waals surface area contributed by atoms with Gasteiger partial charge in [-0.3, -0.25) is 9.59 Å². The zero-order valence-corrected chi connectivity index (χ0v) is 20.4. The van der Waals surface area contributed by atoms with E-state index in [1.807, 2.05) is 6.07 Å². The van der Waals surface area contributed by atoms with E-state index in [2.05, 4.69) is 15.3 Å². The van der Waals surface area contributed by atoms with Gasteiger partial charge in [0.05, 0.1) is 39.9 Å². The number of nitrogens with one attached hydrogen (secondary N) is 2. The van der Waals surface area contributed by atoms with Crippen LogP contribution in [-0.4, -0.2) is 50.1 Å². The van der Waals surface area contributed by atoms with Crippen LogP contribution in [0.2, 0.25) is 0 Å². The predicted molar refractivity (Wildman–Crippen MR) is 130 cm³/mol. The maximum atomic E-state index is 12.5. The van der Waals surface area contributed by atoms with E-state index in [4.69, 9.17) is 18.9 Å². The number of benzene rings is 2. The molecular formula is C24H24N4O6S. The summed E-state index contributed by atoms with van der Waals surface area (Å²) < 4.78 is 21.1. The molecular weight excluding hydrogens is 472 g/mol. The summed E-state index contributed by atoms with van der Waals surface area (Å²) in [6.45, 7) is 0.227. The number of aromatic amines is 1. The summed E-state index contributed by atoms with van der Waals surface area (Å²) in [5.74, 6) is 1.79. The highest BCUT2D eigenvalue weighted by Crippen LogP contribution is 2.38. The summed E-state index contributed by atoms with van der Waals surface area (Å²) in [7, 11) is 6.09. The van der Waals surface area contributed by atoms with Crippen LogP contribution in [-0.2, 0) is 11.3 Å². The van der Waals surface area contributed by atoms with Crippen LogP contribution in [0.25, 0.3) is 11.3 Å². The van der Waals surface area contributed by atoms with Crippen molar-refractivity contribution in [3.8, 4) is 40.3 Å². The second-order valence-corrected chi connectivity index (χ2v) is 8.00. The van der Waals surface area contributed by atoms with Gasteiger partial charge >= 0.3 is 0 Å². The molecule has 0 spiro atoms. The van der Waals surface area contributed by atoms with Gasteiger partial charge in [-0.25, -0.2) is 4.98 Å². The number of nitrogens with zero attached hydrogens (tertiary/aromatic N) is 2. The van der Waals surface area contributed by atoms with Crippen molar-refractivity contribution in [2.75, 3.05) is 34.2 Å². The molecule has 0 aliphatic carbocycles. The van der Waals surface area contributed by atoms with E-state index in [1.54, 1.807) is 43.5 Å². The third kappa shape index (κ3) is 6.04. The zero-order valence-electron chi connectivity index (χ0n) is 19.6. The molecule has 3 aromatic rings. The number of carbonyl (C=O) groups excluding carboxylic acids is 1. The Bertz CT molecular complexity index is 1280. The number of methoxy groups -OCH3 is 4. The molecule has 3 rings (SSSR count). The van der Waals surface area contributed by atoms with Crippen molar-refractivity contribution in [1.82, 2.24) is 15.3 Å². The van der Waals surface area contributed by atoms with Gasteiger partial charge < -0.3 is 29.2 Å². The fraction of sp³-hybridized carbons (Fsp3) is 0.250. The quantitative estimate of drug-likeness (QED) is 0.321. The van der Waals surface area contributed by atoms with Crippen LogP contribution in [0, 0.1) is 11.3 Å². The van der Waals surface area contributed by atoms with Crippen LogP contribution in [0.1, 0.15) is 11.1 Å². The maximum absolute atomic E-state index is 12.5. The van der Waals surface area contributed by atoms with Gasteiger partial charge in [0.1, 0.15) is 17.4 Å². The molecule has 2 N–H and O–H groups in total. The first-order valence-electron chi connectivity index (χ1n) is 10.3. The van der Waals surface area contributed by atoms with Crippen LogP contribution in [0.3, 0.4) is 0 Å². The Morgan fingerprint density at radius 3 is 2.26 bits per heavy atom. The fourth-order valence-electron chi connectivity index (χ4n) is 3.21. The predicted octanol–water partition coefficient (Wildman–Crippen LogP) is 2.75. The number of hydrogen-bond acceptors (Lipinski definition) is 9. The van der Waals surface area contributed by atoms with E-state index in [0.29, 0.717) is 28.6 Å². The van der Waals surface area contributed by atoms with Crippen molar-refractivity contribution in [2.45, 2.75) is 11.7 Å². The third-order valence-corrected chi connectivity index (χ3v) is 5.80. The molecule has 0 bridgehead atoms. The first-order chi connectivity index (χ1) is 16.9. The lowest BCUT2D eigenvalue weighted by Crippen LogP contribution is -2.25. The minimum absolute atomic E-state index is 0.00131. The van der Waals surface area contributed by atoms with Crippen LogP contribution >= 0.6 is 11.8 Å². The number of H-pyrrole nitrogens is 1. The highest BCUT2D eigenvalue weighted by atomic mass is 32.2. The zero-order chi connectivity index (χ0) is 25.4. The molecule has 0 aliphatic heterocycles. The number of carbonyl (C=O) groups is 1. The molecule has 182 valence electrons. The van der Waals surface area contributed by atoms with Crippen LogP contribution in [0.4, 0.5) is 0 Å². The summed E-state index contributed by atoms with van der Waals surface area (Å²) in [4.78, 5) is 31.8. The summed E-state index contributed by atoms with van der Waals surface area (Å²) in [6.07, 6.45) is 0. The van der Waals surface area contributed by atoms with E-state index in [0.717, 1.165) is 17.3 Å². The lowest BCUT2D eigenvalue weighted by Gasteiger charge is -2.14. The fourth-order valence-corrected chi connectivity index (χ4v) is 3.90. The van der Waals surface area contributed by atoms with Crippen LogP contribution < -0.4 is 29.8 Å². The highest BCUT2D eigenvalue weighted by molar-refractivity contribution is 7.99. The van der Waals surface area contributed by atoms with E-state index in [1.165, 1.54) is 21.3 Å². The van der Waals surface area contributed by atoms with Crippen LogP contribution in [0.15, 0.2) is 46.3 Å². The first-order valence-corrected chi connectivity index (χ1v) is 11.3. The van der Waals surface area contributed by atoms with Crippen molar-refractivity contribution in [2.24, 2.45) is 0 Å². The molecule has 1 heterocycles. The highest BCUT2D eigenvalue weighted by Gasteiger charge is 2.16. The average Bonchev–Trinajstić information content (AvgIpc) is 2.89. The van der Waals surface area contributed by atoms with Crippen molar-refractivity contribution in [3.63, 3.8) is 0 Å². The Balaban J connectivity index is 1.71. The maximum Gasteiger partial charge on any atom is 0.270 e. The molecule has 11 heteroatoms. The topological polar surface area (TPSA) is 136 Å². The van der Waals surface area contributed by atoms with Gasteiger partial charge in [-0.2, -0.15) is 5.26 Å². The minimum Gasteiger partial charge on any atom is -0.497 e. The third-order valence-electron chi connectivity index (χ3n) is 4.93. The molecule has 1 amide bonds. The van der Waals surface area contributed by atoms with Crippen molar-refractivity contribution < 1.29 is 23.7 Å². The summed E-state index contributed by atoms with van der Waals surface area (Å²) in [5.41, 5.74) is 0.894. The van der Waals surface area contributed by atoms with Gasteiger partial charge in [-0.15, -0.1) is 0 Å². The van der Waals surface area contributed by atoms with E-state index in [-0.39, 0.29) is 34.6 Å². The second-order valence-electron chi connectivity index (χ2n) is 7.03. The average molecular weight is 497 g/mol. The number of ether oxygens (including phenoxy) is 4. The molecule has 0 fully saturated rings. The molecule has 2 aromatic carbocycles. The Labute approximate surface area is 206 Å². The number of hydrogen-bond donors (Lipinski definition) is 2. The number of thioether (sulfide) groups is 1. The van der Waals surface area contributed by atoms with E-state index >= 15 is 0 Å². The van der Waals surface area contributed by atoms with Gasteiger partial charge in [0, 0.05) is 12.1 Å². The Morgan fingerprint density at radius 2 is 1.71 bits per heavy atom. The van der Waals surface area contributed by atoms with Gasteiger partial charge in [0.2, 0.25) is 11.7 Å². The molecule has 0 aliphatic rings. The van der Waals surface area contributed by atoms with Gasteiger partial charge in [-0.1, -0.05) is 11.8 Å². The number of aromatic nitrogens is 2. The summed E-state index contributed by atoms with van der Waals surface area (Å²) in [5, 5.41) is 12.5. The second kappa shape index (κ2) is 11.8. The molecule has 10 nitrogen and oxygen atoms in total. The van der Waals surface area contributed by atoms with Crippen molar-refractivity contribution >= 4 is 17.7 Å². The molecule has 35 heavy (non-hydrogen) atoms. The van der Waals surface area contributed by atoms with Gasteiger partial charge in [-0.05, 0) is 42.0 Å². The van der Waals surface area contributed by atoms with Gasteiger partial charge in [0.25, 0.3) is 5.56 Å². The Morgan fingerprint density at radius 1 is 1.06 bits per heavy atom. The summed E-state index contributed by atoms with van der Waals surface area (Å²) >= 11 is 1.05.